The maximum Gasteiger partial charge on any atom is 0.267 e. The van der Waals surface area contributed by atoms with E-state index in [9.17, 15) is 14.0 Å². The van der Waals surface area contributed by atoms with E-state index in [0.29, 0.717) is 20.1 Å². The summed E-state index contributed by atoms with van der Waals surface area (Å²) in [5.41, 5.74) is 5.42. The first kappa shape index (κ1) is 18.9. The lowest BCUT2D eigenvalue weighted by molar-refractivity contribution is 0.0996. The highest BCUT2D eigenvalue weighted by Crippen LogP contribution is 2.41. The Morgan fingerprint density at radius 3 is 2.50 bits per heavy atom. The lowest BCUT2D eigenvalue weighted by Gasteiger charge is -2.10. The summed E-state index contributed by atoms with van der Waals surface area (Å²) in [6, 6.07) is 5.50. The summed E-state index contributed by atoms with van der Waals surface area (Å²) in [5, 5.41) is 3.99. The Bertz CT molecular complexity index is 1080. The number of nitrogens with one attached hydrogen (secondary N) is 1. The monoisotopic (exact) mass is 430 g/mol. The molecule has 134 valence electrons. The summed E-state index contributed by atoms with van der Waals surface area (Å²) < 4.78 is 14.6. The summed E-state index contributed by atoms with van der Waals surface area (Å²) in [7, 11) is 0. The van der Waals surface area contributed by atoms with Crippen LogP contribution < -0.4 is 11.1 Å². The van der Waals surface area contributed by atoms with Gasteiger partial charge in [-0.3, -0.25) is 9.59 Å². The van der Waals surface area contributed by atoms with Crippen LogP contribution in [0, 0.1) is 12.7 Å². The van der Waals surface area contributed by atoms with Crippen LogP contribution in [0.5, 0.6) is 0 Å². The number of benzene rings is 2. The van der Waals surface area contributed by atoms with Crippen molar-refractivity contribution in [1.29, 1.82) is 0 Å². The standard InChI is InChI=1S/C17H10Cl3FN2O2S/c1-6-10(21)2-7(16(22)24)3-11(6)23-17(25)15-14(20)13-9(19)4-8(18)5-12(13)26-15/h2-5H,1H3,(H2,22,24)(H,23,25). The summed E-state index contributed by atoms with van der Waals surface area (Å²) in [5.74, 6) is -2.03. The topological polar surface area (TPSA) is 72.2 Å². The van der Waals surface area contributed by atoms with Crippen LogP contribution in [-0.2, 0) is 0 Å². The molecule has 26 heavy (non-hydrogen) atoms. The van der Waals surface area contributed by atoms with Crippen molar-refractivity contribution < 1.29 is 14.0 Å². The van der Waals surface area contributed by atoms with Gasteiger partial charge < -0.3 is 11.1 Å². The first-order valence-corrected chi connectivity index (χ1v) is 9.12. The van der Waals surface area contributed by atoms with E-state index in [0.717, 1.165) is 17.4 Å². The Morgan fingerprint density at radius 2 is 1.85 bits per heavy atom. The molecule has 3 N–H and O–H groups in total. The van der Waals surface area contributed by atoms with Crippen molar-refractivity contribution in [2.45, 2.75) is 6.92 Å². The SMILES string of the molecule is Cc1c(F)cc(C(N)=O)cc1NC(=O)c1sc2cc(Cl)cc(Cl)c2c1Cl. The first-order chi connectivity index (χ1) is 12.2. The number of anilines is 1. The second-order valence-corrected chi connectivity index (χ2v) is 7.73. The average molecular weight is 432 g/mol. The molecule has 0 aliphatic carbocycles. The number of fused-ring (bicyclic) bond motifs is 1. The van der Waals surface area contributed by atoms with Gasteiger partial charge in [0.05, 0.1) is 10.0 Å². The van der Waals surface area contributed by atoms with Crippen molar-refractivity contribution in [2.75, 3.05) is 5.32 Å². The van der Waals surface area contributed by atoms with Gasteiger partial charge in [-0.1, -0.05) is 34.8 Å². The fourth-order valence-electron chi connectivity index (χ4n) is 2.39. The Labute approximate surface area is 166 Å². The zero-order chi connectivity index (χ0) is 19.2. The van der Waals surface area contributed by atoms with E-state index in [2.05, 4.69) is 5.32 Å². The smallest absolute Gasteiger partial charge is 0.267 e. The summed E-state index contributed by atoms with van der Waals surface area (Å²) >= 11 is 19.5. The van der Waals surface area contributed by atoms with E-state index in [1.807, 2.05) is 0 Å². The van der Waals surface area contributed by atoms with Crippen molar-refractivity contribution in [3.8, 4) is 0 Å². The summed E-state index contributed by atoms with van der Waals surface area (Å²) in [6.07, 6.45) is 0. The molecule has 0 bridgehead atoms. The molecular formula is C17H10Cl3FN2O2S. The number of hydrogen-bond acceptors (Lipinski definition) is 3. The Hall–Kier alpha value is -1.86. The fraction of sp³-hybridized carbons (Fsp3) is 0.0588. The van der Waals surface area contributed by atoms with Gasteiger partial charge in [-0.25, -0.2) is 4.39 Å². The van der Waals surface area contributed by atoms with Gasteiger partial charge in [0.15, 0.2) is 0 Å². The fourth-order valence-corrected chi connectivity index (χ4v) is 4.66. The molecule has 1 heterocycles. The van der Waals surface area contributed by atoms with Crippen LogP contribution in [0.15, 0.2) is 24.3 Å². The van der Waals surface area contributed by atoms with Crippen LogP contribution in [0.3, 0.4) is 0 Å². The molecule has 9 heteroatoms. The van der Waals surface area contributed by atoms with Gasteiger partial charge in [0.2, 0.25) is 5.91 Å². The van der Waals surface area contributed by atoms with E-state index in [1.165, 1.54) is 19.1 Å². The van der Waals surface area contributed by atoms with Gasteiger partial charge in [-0.05, 0) is 31.2 Å². The van der Waals surface area contributed by atoms with Crippen LogP contribution in [0.2, 0.25) is 15.1 Å². The summed E-state index contributed by atoms with van der Waals surface area (Å²) in [6.45, 7) is 1.47. The van der Waals surface area contributed by atoms with Crippen LogP contribution in [-0.4, -0.2) is 11.8 Å². The molecule has 0 saturated heterocycles. The molecule has 2 aromatic carbocycles. The van der Waals surface area contributed by atoms with Gasteiger partial charge in [0.25, 0.3) is 5.91 Å². The third-order valence-corrected chi connectivity index (χ3v) is 5.87. The average Bonchev–Trinajstić information content (AvgIpc) is 2.88. The van der Waals surface area contributed by atoms with Crippen molar-refractivity contribution >= 4 is 73.7 Å². The molecule has 4 nitrogen and oxygen atoms in total. The number of carbonyl (C=O) groups is 2. The molecular weight excluding hydrogens is 422 g/mol. The van der Waals surface area contributed by atoms with E-state index < -0.39 is 17.6 Å². The molecule has 3 rings (SSSR count). The van der Waals surface area contributed by atoms with Crippen LogP contribution in [0.4, 0.5) is 10.1 Å². The number of primary amides is 1. The highest BCUT2D eigenvalue weighted by molar-refractivity contribution is 7.21. The van der Waals surface area contributed by atoms with E-state index >= 15 is 0 Å². The van der Waals surface area contributed by atoms with Crippen molar-refractivity contribution in [2.24, 2.45) is 5.73 Å². The Balaban J connectivity index is 2.04. The molecule has 2 amide bonds. The van der Waals surface area contributed by atoms with Crippen LogP contribution >= 0.6 is 46.1 Å². The lowest BCUT2D eigenvalue weighted by atomic mass is 10.1. The van der Waals surface area contributed by atoms with Crippen molar-refractivity contribution in [3.63, 3.8) is 0 Å². The minimum atomic E-state index is -0.805. The normalized spacial score (nSPS) is 11.0. The molecule has 0 aliphatic heterocycles. The minimum absolute atomic E-state index is 0.0549. The number of amides is 2. The summed E-state index contributed by atoms with van der Waals surface area (Å²) in [4.78, 5) is 24.1. The van der Waals surface area contributed by atoms with Crippen LogP contribution in [0.25, 0.3) is 10.1 Å². The van der Waals surface area contributed by atoms with E-state index in [4.69, 9.17) is 40.5 Å². The van der Waals surface area contributed by atoms with Gasteiger partial charge in [0.1, 0.15) is 10.7 Å². The number of nitrogens with two attached hydrogens (primary N) is 1. The minimum Gasteiger partial charge on any atom is -0.366 e. The molecule has 0 spiro atoms. The molecule has 0 unspecified atom stereocenters. The highest BCUT2D eigenvalue weighted by Gasteiger charge is 2.21. The van der Waals surface area contributed by atoms with Gasteiger partial charge in [0, 0.05) is 31.9 Å². The first-order valence-electron chi connectivity index (χ1n) is 7.17. The van der Waals surface area contributed by atoms with Crippen LogP contribution in [0.1, 0.15) is 25.6 Å². The highest BCUT2D eigenvalue weighted by atomic mass is 35.5. The number of halogens is 4. The maximum absolute atomic E-state index is 14.0. The van der Waals surface area contributed by atoms with Gasteiger partial charge >= 0.3 is 0 Å². The molecule has 1 aromatic heterocycles. The lowest BCUT2D eigenvalue weighted by Crippen LogP contribution is -2.16. The molecule has 0 saturated carbocycles. The Kier molecular flexibility index (Phi) is 5.12. The molecule has 0 atom stereocenters. The molecule has 0 fully saturated rings. The van der Waals surface area contributed by atoms with E-state index in [-0.39, 0.29) is 26.7 Å². The second kappa shape index (κ2) is 7.04. The zero-order valence-electron chi connectivity index (χ0n) is 13.1. The maximum atomic E-state index is 14.0. The van der Waals surface area contributed by atoms with Crippen molar-refractivity contribution in [1.82, 2.24) is 0 Å². The van der Waals surface area contributed by atoms with Gasteiger partial charge in [-0.2, -0.15) is 0 Å². The Morgan fingerprint density at radius 1 is 1.15 bits per heavy atom. The third-order valence-electron chi connectivity index (χ3n) is 3.73. The second-order valence-electron chi connectivity index (χ2n) is 5.45. The largest absolute Gasteiger partial charge is 0.366 e. The van der Waals surface area contributed by atoms with Crippen molar-refractivity contribution in [3.05, 3.63) is 61.2 Å². The quantitative estimate of drug-likeness (QED) is 0.561. The predicted molar refractivity (Wildman–Crippen MR) is 104 cm³/mol. The third kappa shape index (κ3) is 3.38. The zero-order valence-corrected chi connectivity index (χ0v) is 16.2. The number of rotatable bonds is 3. The predicted octanol–water partition coefficient (Wildman–Crippen LogP) is 5.66. The molecule has 0 aliphatic rings. The number of thiophene rings is 1. The molecule has 0 radical (unpaired) electrons. The number of carbonyl (C=O) groups excluding carboxylic acids is 2. The number of hydrogen-bond donors (Lipinski definition) is 2. The van der Waals surface area contributed by atoms with Gasteiger partial charge in [-0.15, -0.1) is 11.3 Å². The molecule has 3 aromatic rings. The van der Waals surface area contributed by atoms with E-state index in [1.54, 1.807) is 6.07 Å².